The standard InChI is InChI=1S/C22H24FN3O/c1-16-20(22(27)26(24(16)2)19-7-4-3-5-8-19)15-25-14-6-9-21(25)17-10-12-18(23)13-11-17/h3-5,7-8,10-13,21H,6,9,14-15H2,1-2H3/t21-/m1/s1. The molecule has 0 amide bonds. The van der Waals surface area contributed by atoms with E-state index in [1.54, 1.807) is 4.68 Å². The van der Waals surface area contributed by atoms with Gasteiger partial charge in [0.05, 0.1) is 11.3 Å². The molecule has 1 aliphatic heterocycles. The number of rotatable bonds is 4. The van der Waals surface area contributed by atoms with Crippen molar-refractivity contribution in [3.8, 4) is 5.69 Å². The van der Waals surface area contributed by atoms with Crippen LogP contribution in [0.5, 0.6) is 0 Å². The fourth-order valence-electron chi connectivity index (χ4n) is 4.09. The molecule has 1 aliphatic rings. The number of hydrogen-bond donors (Lipinski definition) is 0. The highest BCUT2D eigenvalue weighted by Gasteiger charge is 2.28. The molecule has 1 aromatic heterocycles. The lowest BCUT2D eigenvalue weighted by Crippen LogP contribution is -2.27. The fraction of sp³-hybridized carbons (Fsp3) is 0.318. The highest BCUT2D eigenvalue weighted by Crippen LogP contribution is 2.33. The van der Waals surface area contributed by atoms with Gasteiger partial charge in [0.1, 0.15) is 5.82 Å². The van der Waals surface area contributed by atoms with Crippen LogP contribution in [0, 0.1) is 12.7 Å². The second-order valence-electron chi connectivity index (χ2n) is 7.22. The Bertz CT molecular complexity index is 989. The molecule has 0 bridgehead atoms. The Hall–Kier alpha value is -2.66. The minimum atomic E-state index is -0.215. The second kappa shape index (κ2) is 7.16. The molecule has 0 N–H and O–H groups in total. The molecule has 1 atom stereocenters. The van der Waals surface area contributed by atoms with Crippen molar-refractivity contribution in [1.82, 2.24) is 14.3 Å². The predicted octanol–water partition coefficient (Wildman–Crippen LogP) is 3.96. The molecular weight excluding hydrogens is 341 g/mol. The normalized spacial score (nSPS) is 17.5. The van der Waals surface area contributed by atoms with Crippen molar-refractivity contribution in [3.05, 3.63) is 87.6 Å². The molecular formula is C22H24FN3O. The summed E-state index contributed by atoms with van der Waals surface area (Å²) in [6.45, 7) is 3.56. The largest absolute Gasteiger partial charge is 0.292 e. The third-order valence-electron chi connectivity index (χ3n) is 5.65. The van der Waals surface area contributed by atoms with Gasteiger partial charge in [-0.2, -0.15) is 0 Å². The summed E-state index contributed by atoms with van der Waals surface area (Å²) in [5.41, 5.74) is 3.83. The number of aromatic nitrogens is 2. The van der Waals surface area contributed by atoms with Gasteiger partial charge in [0.15, 0.2) is 0 Å². The topological polar surface area (TPSA) is 30.2 Å². The van der Waals surface area contributed by atoms with Gasteiger partial charge >= 0.3 is 0 Å². The first kappa shape index (κ1) is 17.7. The van der Waals surface area contributed by atoms with Gasteiger partial charge in [-0.25, -0.2) is 9.07 Å². The van der Waals surface area contributed by atoms with E-state index >= 15 is 0 Å². The zero-order chi connectivity index (χ0) is 19.0. The molecule has 1 fully saturated rings. The van der Waals surface area contributed by atoms with Crippen LogP contribution in [-0.2, 0) is 13.6 Å². The molecule has 4 rings (SSSR count). The predicted molar refractivity (Wildman–Crippen MR) is 105 cm³/mol. The van der Waals surface area contributed by atoms with Crippen LogP contribution in [0.15, 0.2) is 59.4 Å². The van der Waals surface area contributed by atoms with Crippen LogP contribution < -0.4 is 5.56 Å². The van der Waals surface area contributed by atoms with Crippen LogP contribution in [0.4, 0.5) is 4.39 Å². The Balaban J connectivity index is 1.66. The fourth-order valence-corrected chi connectivity index (χ4v) is 4.09. The molecule has 0 saturated carbocycles. The summed E-state index contributed by atoms with van der Waals surface area (Å²) in [7, 11) is 1.93. The van der Waals surface area contributed by atoms with Crippen molar-refractivity contribution < 1.29 is 4.39 Å². The molecule has 0 aliphatic carbocycles. The van der Waals surface area contributed by atoms with Crippen molar-refractivity contribution in [2.24, 2.45) is 7.05 Å². The number of benzene rings is 2. The van der Waals surface area contributed by atoms with Gasteiger partial charge in [0.25, 0.3) is 5.56 Å². The van der Waals surface area contributed by atoms with E-state index in [0.717, 1.165) is 41.9 Å². The van der Waals surface area contributed by atoms with Crippen LogP contribution in [0.2, 0.25) is 0 Å². The summed E-state index contributed by atoms with van der Waals surface area (Å²) in [4.78, 5) is 15.5. The monoisotopic (exact) mass is 365 g/mol. The molecule has 3 aromatic rings. The van der Waals surface area contributed by atoms with Crippen molar-refractivity contribution in [2.45, 2.75) is 32.4 Å². The summed E-state index contributed by atoms with van der Waals surface area (Å²) in [5.74, 6) is -0.215. The average molecular weight is 365 g/mol. The molecule has 2 aromatic carbocycles. The lowest BCUT2D eigenvalue weighted by Gasteiger charge is -2.24. The SMILES string of the molecule is Cc1c(CN2CCC[C@@H]2c2ccc(F)cc2)c(=O)n(-c2ccccc2)n1C. The Labute approximate surface area is 158 Å². The molecule has 0 unspecified atom stereocenters. The maximum atomic E-state index is 13.3. The Morgan fingerprint density at radius 3 is 2.48 bits per heavy atom. The number of halogens is 1. The van der Waals surface area contributed by atoms with Gasteiger partial charge in [-0.05, 0) is 56.1 Å². The van der Waals surface area contributed by atoms with Crippen LogP contribution in [0.1, 0.15) is 35.7 Å². The number of para-hydroxylation sites is 1. The summed E-state index contributed by atoms with van der Waals surface area (Å²) in [6, 6.07) is 16.7. The Morgan fingerprint density at radius 2 is 1.78 bits per heavy atom. The van der Waals surface area contributed by atoms with Crippen molar-refractivity contribution in [3.63, 3.8) is 0 Å². The van der Waals surface area contributed by atoms with Crippen LogP contribution in [0.3, 0.4) is 0 Å². The summed E-state index contributed by atoms with van der Waals surface area (Å²) in [5, 5.41) is 0. The van der Waals surface area contributed by atoms with Gasteiger partial charge in [-0.1, -0.05) is 30.3 Å². The van der Waals surface area contributed by atoms with E-state index in [-0.39, 0.29) is 17.4 Å². The minimum Gasteiger partial charge on any atom is -0.292 e. The Kier molecular flexibility index (Phi) is 4.70. The van der Waals surface area contributed by atoms with Gasteiger partial charge in [0.2, 0.25) is 0 Å². The maximum absolute atomic E-state index is 13.3. The summed E-state index contributed by atoms with van der Waals surface area (Å²) < 4.78 is 16.9. The highest BCUT2D eigenvalue weighted by molar-refractivity contribution is 5.33. The van der Waals surface area contributed by atoms with Gasteiger partial charge in [-0.3, -0.25) is 14.4 Å². The molecule has 0 spiro atoms. The zero-order valence-electron chi connectivity index (χ0n) is 15.7. The number of likely N-dealkylation sites (tertiary alicyclic amines) is 1. The summed E-state index contributed by atoms with van der Waals surface area (Å²) >= 11 is 0. The van der Waals surface area contributed by atoms with E-state index < -0.39 is 0 Å². The molecule has 140 valence electrons. The Morgan fingerprint density at radius 1 is 1.07 bits per heavy atom. The van der Waals surface area contributed by atoms with Crippen LogP contribution in [0.25, 0.3) is 5.69 Å². The van der Waals surface area contributed by atoms with E-state index in [9.17, 15) is 9.18 Å². The van der Waals surface area contributed by atoms with E-state index in [4.69, 9.17) is 0 Å². The molecule has 2 heterocycles. The van der Waals surface area contributed by atoms with Crippen molar-refractivity contribution in [2.75, 3.05) is 6.54 Å². The van der Waals surface area contributed by atoms with E-state index in [2.05, 4.69) is 4.90 Å². The molecule has 27 heavy (non-hydrogen) atoms. The first-order valence-electron chi connectivity index (χ1n) is 9.38. The van der Waals surface area contributed by atoms with E-state index in [1.807, 2.05) is 61.1 Å². The maximum Gasteiger partial charge on any atom is 0.276 e. The summed E-state index contributed by atoms with van der Waals surface area (Å²) in [6.07, 6.45) is 2.12. The minimum absolute atomic E-state index is 0.0333. The van der Waals surface area contributed by atoms with Gasteiger partial charge in [-0.15, -0.1) is 0 Å². The van der Waals surface area contributed by atoms with Crippen LogP contribution in [-0.4, -0.2) is 20.8 Å². The lowest BCUT2D eigenvalue weighted by molar-refractivity contribution is 0.247. The van der Waals surface area contributed by atoms with E-state index in [0.29, 0.717) is 6.54 Å². The smallest absolute Gasteiger partial charge is 0.276 e. The van der Waals surface area contributed by atoms with Crippen LogP contribution >= 0.6 is 0 Å². The second-order valence-corrected chi connectivity index (χ2v) is 7.22. The molecule has 5 heteroatoms. The van der Waals surface area contributed by atoms with E-state index in [1.165, 1.54) is 12.1 Å². The van der Waals surface area contributed by atoms with Gasteiger partial charge in [0, 0.05) is 25.3 Å². The van der Waals surface area contributed by atoms with Crippen molar-refractivity contribution in [1.29, 1.82) is 0 Å². The first-order valence-corrected chi connectivity index (χ1v) is 9.38. The first-order chi connectivity index (χ1) is 13.1. The molecule has 0 radical (unpaired) electrons. The third-order valence-corrected chi connectivity index (χ3v) is 5.65. The molecule has 4 nitrogen and oxygen atoms in total. The third kappa shape index (κ3) is 3.23. The number of hydrogen-bond acceptors (Lipinski definition) is 2. The zero-order valence-corrected chi connectivity index (χ0v) is 15.7. The molecule has 1 saturated heterocycles. The average Bonchev–Trinajstić information content (AvgIpc) is 3.22. The lowest BCUT2D eigenvalue weighted by atomic mass is 10.0. The van der Waals surface area contributed by atoms with Crippen molar-refractivity contribution >= 4 is 0 Å². The van der Waals surface area contributed by atoms with Gasteiger partial charge < -0.3 is 0 Å². The quantitative estimate of drug-likeness (QED) is 0.701. The highest BCUT2D eigenvalue weighted by atomic mass is 19.1. The number of nitrogens with zero attached hydrogens (tertiary/aromatic N) is 3.